The van der Waals surface area contributed by atoms with Crippen LogP contribution in [0.5, 0.6) is 0 Å². The first-order chi connectivity index (χ1) is 9.35. The summed E-state index contributed by atoms with van der Waals surface area (Å²) in [5.74, 6) is -0.746. The second kappa shape index (κ2) is 6.23. The van der Waals surface area contributed by atoms with Gasteiger partial charge in [-0.1, -0.05) is 0 Å². The summed E-state index contributed by atoms with van der Waals surface area (Å²) in [5.41, 5.74) is 4.61. The number of carbonyl (C=O) groups is 2. The monoisotopic (exact) mass is 380 g/mol. The third-order valence-electron chi connectivity index (χ3n) is 2.91. The molecule has 1 saturated heterocycles. The number of sulfone groups is 1. The van der Waals surface area contributed by atoms with E-state index in [9.17, 15) is 18.0 Å². The summed E-state index contributed by atoms with van der Waals surface area (Å²) < 4.78 is 23.4. The minimum atomic E-state index is -2.98. The summed E-state index contributed by atoms with van der Waals surface area (Å²) in [5, 5.41) is 0. The molecule has 2 amide bonds. The van der Waals surface area contributed by atoms with Crippen LogP contribution in [0.3, 0.4) is 0 Å². The molecule has 20 heavy (non-hydrogen) atoms. The molecular weight excluding hydrogens is 368 g/mol. The van der Waals surface area contributed by atoms with Crippen LogP contribution in [0.25, 0.3) is 0 Å². The van der Waals surface area contributed by atoms with E-state index in [1.165, 1.54) is 11.3 Å². The van der Waals surface area contributed by atoms with Gasteiger partial charge in [0, 0.05) is 6.42 Å². The van der Waals surface area contributed by atoms with Crippen molar-refractivity contribution < 1.29 is 18.0 Å². The summed E-state index contributed by atoms with van der Waals surface area (Å²) in [4.78, 5) is 23.8. The zero-order valence-corrected chi connectivity index (χ0v) is 13.6. The number of hydrazine groups is 1. The number of carbonyl (C=O) groups excluding carboxylic acids is 2. The highest BCUT2D eigenvalue weighted by atomic mass is 79.9. The fourth-order valence-corrected chi connectivity index (χ4v) is 5.11. The molecule has 110 valence electrons. The molecule has 2 rings (SSSR count). The van der Waals surface area contributed by atoms with E-state index in [1.54, 1.807) is 12.1 Å². The fourth-order valence-electron chi connectivity index (χ4n) is 1.97. The first-order valence-electron chi connectivity index (χ1n) is 5.91. The van der Waals surface area contributed by atoms with Crippen LogP contribution >= 0.6 is 27.3 Å². The highest BCUT2D eigenvalue weighted by Crippen LogP contribution is 2.22. The van der Waals surface area contributed by atoms with Crippen molar-refractivity contribution in [2.24, 2.45) is 5.92 Å². The molecule has 0 aliphatic carbocycles. The smallest absolute Gasteiger partial charge is 0.273 e. The highest BCUT2D eigenvalue weighted by molar-refractivity contribution is 9.11. The maximum absolute atomic E-state index is 11.7. The Balaban J connectivity index is 1.77. The van der Waals surface area contributed by atoms with Crippen molar-refractivity contribution >= 4 is 48.9 Å². The van der Waals surface area contributed by atoms with Crippen LogP contribution in [-0.4, -0.2) is 31.7 Å². The molecule has 1 fully saturated rings. The second-order valence-corrected chi connectivity index (χ2v) is 9.27. The molecule has 0 spiro atoms. The van der Waals surface area contributed by atoms with E-state index in [0.29, 0.717) is 11.3 Å². The Morgan fingerprint density at radius 1 is 1.35 bits per heavy atom. The number of thiophene rings is 1. The van der Waals surface area contributed by atoms with Crippen molar-refractivity contribution in [1.82, 2.24) is 10.9 Å². The van der Waals surface area contributed by atoms with E-state index in [4.69, 9.17) is 0 Å². The molecule has 0 saturated carbocycles. The highest BCUT2D eigenvalue weighted by Gasteiger charge is 2.29. The van der Waals surface area contributed by atoms with Crippen molar-refractivity contribution in [3.8, 4) is 0 Å². The van der Waals surface area contributed by atoms with E-state index in [-0.39, 0.29) is 29.8 Å². The van der Waals surface area contributed by atoms with Gasteiger partial charge >= 0.3 is 0 Å². The van der Waals surface area contributed by atoms with Crippen molar-refractivity contribution in [2.45, 2.75) is 12.8 Å². The largest absolute Gasteiger partial charge is 0.279 e. The van der Waals surface area contributed by atoms with Gasteiger partial charge in [-0.2, -0.15) is 0 Å². The van der Waals surface area contributed by atoms with E-state index in [0.717, 1.165) is 3.79 Å². The SMILES string of the molecule is O=C(C[C@H]1CCS(=O)(=O)C1)NNC(=O)c1ccc(Br)s1. The molecule has 6 nitrogen and oxygen atoms in total. The molecule has 1 aliphatic rings. The molecule has 9 heteroatoms. The number of rotatable bonds is 3. The number of hydrogen-bond donors (Lipinski definition) is 2. The van der Waals surface area contributed by atoms with Gasteiger partial charge in [-0.3, -0.25) is 20.4 Å². The Kier molecular flexibility index (Phi) is 4.82. The predicted octanol–water partition coefficient (Wildman–Crippen LogP) is 1.10. The normalized spacial score (nSPS) is 20.6. The third kappa shape index (κ3) is 4.29. The summed E-state index contributed by atoms with van der Waals surface area (Å²) in [6, 6.07) is 3.38. The Bertz CT molecular complexity index is 626. The first-order valence-corrected chi connectivity index (χ1v) is 9.34. The van der Waals surface area contributed by atoms with Crippen molar-refractivity contribution in [1.29, 1.82) is 0 Å². The van der Waals surface area contributed by atoms with Crippen LogP contribution in [0.15, 0.2) is 15.9 Å². The summed E-state index contributed by atoms with van der Waals surface area (Å²) in [6.45, 7) is 0. The van der Waals surface area contributed by atoms with Crippen LogP contribution in [0.4, 0.5) is 0 Å². The van der Waals surface area contributed by atoms with Gasteiger partial charge in [-0.15, -0.1) is 11.3 Å². The van der Waals surface area contributed by atoms with Gasteiger partial charge in [0.1, 0.15) is 0 Å². The van der Waals surface area contributed by atoms with E-state index in [1.807, 2.05) is 0 Å². The van der Waals surface area contributed by atoms with Crippen molar-refractivity contribution in [3.63, 3.8) is 0 Å². The average molecular weight is 381 g/mol. The number of nitrogens with one attached hydrogen (secondary N) is 2. The second-order valence-electron chi connectivity index (χ2n) is 4.58. The molecule has 2 heterocycles. The third-order valence-corrected chi connectivity index (χ3v) is 6.37. The lowest BCUT2D eigenvalue weighted by Gasteiger charge is -2.09. The predicted molar refractivity (Wildman–Crippen MR) is 79.0 cm³/mol. The molecule has 0 unspecified atom stereocenters. The zero-order chi connectivity index (χ0) is 14.8. The standard InChI is InChI=1S/C11H13BrN2O4S2/c12-9-2-1-8(19-9)11(16)14-13-10(15)5-7-3-4-20(17,18)6-7/h1-2,7H,3-6H2,(H,13,15)(H,14,16)/t7-/m1/s1. The molecular formula is C11H13BrN2O4S2. The van der Waals surface area contributed by atoms with Crippen LogP contribution in [0.2, 0.25) is 0 Å². The maximum atomic E-state index is 11.7. The molecule has 2 N–H and O–H groups in total. The minimum Gasteiger partial charge on any atom is -0.273 e. The van der Waals surface area contributed by atoms with Gasteiger partial charge in [0.25, 0.3) is 5.91 Å². The van der Waals surface area contributed by atoms with Crippen molar-refractivity contribution in [3.05, 3.63) is 20.8 Å². The maximum Gasteiger partial charge on any atom is 0.279 e. The minimum absolute atomic E-state index is 0.0479. The lowest BCUT2D eigenvalue weighted by molar-refractivity contribution is -0.122. The Hall–Kier alpha value is -0.930. The Morgan fingerprint density at radius 2 is 2.10 bits per heavy atom. The van der Waals surface area contributed by atoms with Crippen molar-refractivity contribution in [2.75, 3.05) is 11.5 Å². The molecule has 0 aromatic carbocycles. The first kappa shape index (κ1) is 15.5. The molecule has 1 aromatic heterocycles. The quantitative estimate of drug-likeness (QED) is 0.767. The van der Waals surface area contributed by atoms with Gasteiger partial charge < -0.3 is 0 Å². The van der Waals surface area contributed by atoms with Gasteiger partial charge in [0.05, 0.1) is 20.2 Å². The fraction of sp³-hybridized carbons (Fsp3) is 0.455. The van der Waals surface area contributed by atoms with E-state index < -0.39 is 15.7 Å². The number of hydrogen-bond acceptors (Lipinski definition) is 5. The lowest BCUT2D eigenvalue weighted by Crippen LogP contribution is -2.42. The molecule has 1 aliphatic heterocycles. The lowest BCUT2D eigenvalue weighted by atomic mass is 10.1. The average Bonchev–Trinajstić information content (AvgIpc) is 2.92. The van der Waals surface area contributed by atoms with Gasteiger partial charge in [0.15, 0.2) is 9.84 Å². The summed E-state index contributed by atoms with van der Waals surface area (Å²) in [7, 11) is -2.98. The Morgan fingerprint density at radius 3 is 2.65 bits per heavy atom. The van der Waals surface area contributed by atoms with Gasteiger partial charge in [-0.25, -0.2) is 8.42 Å². The van der Waals surface area contributed by atoms with E-state index in [2.05, 4.69) is 26.8 Å². The van der Waals surface area contributed by atoms with Crippen LogP contribution in [0, 0.1) is 5.92 Å². The van der Waals surface area contributed by atoms with Crippen LogP contribution in [0.1, 0.15) is 22.5 Å². The zero-order valence-electron chi connectivity index (χ0n) is 10.4. The van der Waals surface area contributed by atoms with Crippen LogP contribution < -0.4 is 10.9 Å². The number of amides is 2. The molecule has 1 aromatic rings. The van der Waals surface area contributed by atoms with Gasteiger partial charge in [-0.05, 0) is 40.4 Å². The molecule has 0 bridgehead atoms. The Labute approximate surface area is 129 Å². The summed E-state index contributed by atoms with van der Waals surface area (Å²) in [6.07, 6.45) is 0.606. The molecule has 0 radical (unpaired) electrons. The number of halogens is 1. The van der Waals surface area contributed by atoms with Gasteiger partial charge in [0.2, 0.25) is 5.91 Å². The molecule has 1 atom stereocenters. The van der Waals surface area contributed by atoms with Crippen LogP contribution in [-0.2, 0) is 14.6 Å². The summed E-state index contributed by atoms with van der Waals surface area (Å²) >= 11 is 4.50. The van der Waals surface area contributed by atoms with E-state index >= 15 is 0 Å². The topological polar surface area (TPSA) is 92.3 Å².